The van der Waals surface area contributed by atoms with E-state index >= 15 is 0 Å². The van der Waals surface area contributed by atoms with Gasteiger partial charge in [-0.25, -0.2) is 0 Å². The first-order valence-corrected chi connectivity index (χ1v) is 19.6. The predicted octanol–water partition coefficient (Wildman–Crippen LogP) is 5.02. The summed E-state index contributed by atoms with van der Waals surface area (Å²) in [6.45, 7) is 3.13. The Morgan fingerprint density at radius 1 is 1.00 bits per heavy atom. The van der Waals surface area contributed by atoms with Crippen LogP contribution in [0.1, 0.15) is 63.5 Å². The lowest BCUT2D eigenvalue weighted by Crippen LogP contribution is -2.60. The van der Waals surface area contributed by atoms with Gasteiger partial charge in [0.2, 0.25) is 17.7 Å². The van der Waals surface area contributed by atoms with E-state index in [4.69, 9.17) is 17.0 Å². The predicted molar refractivity (Wildman–Crippen MR) is 207 cm³/mol. The Hall–Kier alpha value is -4.84. The molecule has 0 spiro atoms. The van der Waals surface area contributed by atoms with E-state index < -0.39 is 65.4 Å². The van der Waals surface area contributed by atoms with Crippen LogP contribution in [0.5, 0.6) is 0 Å². The summed E-state index contributed by atoms with van der Waals surface area (Å²) in [6, 6.07) is 8.24. The third-order valence-electron chi connectivity index (χ3n) is 11.2. The number of amides is 4. The molecule has 4 fully saturated rings. The first-order chi connectivity index (χ1) is 27.8. The summed E-state index contributed by atoms with van der Waals surface area (Å²) in [4.78, 5) is 55.7. The standard InChI is InChI=1S/C39H44F6N8O5S/c1-37(2)35(57)52(27-7-6-23(20-46)29(19-27)38(40,41)42)36(59)53(37)26-8-10-28(11-9-26)58-17-16-50-14-15-51(31(21-50)39(43,44)45)22-33(55)48-25-5-3-4-24(18-25)47-30-12-13-32(54)49-34(30)56/h3-7,18-19,26,28,30-31,47H,8-17,21-22H2,1-2H3,(H,48,55)(H,49,54,56)/t26?,28?,30?,31-/m1/s1. The average Bonchev–Trinajstić information content (AvgIpc) is 3.34. The number of anilines is 3. The number of piperazine rings is 1. The minimum absolute atomic E-state index is 0.0128. The molecule has 6 rings (SSSR count). The SMILES string of the molecule is CC1(C)C(=O)N(c2ccc(C#N)c(C(F)(F)F)c2)C(=S)N1C1CCC(OCCN2CCN(CC(=O)Nc3cccc(NC4CCC(=O)NC4=O)c3)[C@@H](C(F)(F)F)C2)CC1. The van der Waals surface area contributed by atoms with Crippen molar-refractivity contribution in [3.63, 3.8) is 0 Å². The van der Waals surface area contributed by atoms with Crippen LogP contribution in [0.2, 0.25) is 0 Å². The second-order valence-electron chi connectivity index (χ2n) is 15.6. The number of halogens is 6. The molecule has 0 radical (unpaired) electrons. The van der Waals surface area contributed by atoms with Crippen molar-refractivity contribution >= 4 is 58.0 Å². The molecule has 2 aromatic rings. The number of nitrogens with zero attached hydrogens (tertiary/aromatic N) is 5. The minimum Gasteiger partial charge on any atom is -0.377 e. The summed E-state index contributed by atoms with van der Waals surface area (Å²) in [5.41, 5.74) is -2.16. The van der Waals surface area contributed by atoms with Gasteiger partial charge in [0.1, 0.15) is 17.6 Å². The second kappa shape index (κ2) is 17.4. The number of nitrogens with one attached hydrogen (secondary N) is 3. The molecule has 318 valence electrons. The van der Waals surface area contributed by atoms with Gasteiger partial charge in [0.15, 0.2) is 5.11 Å². The highest BCUT2D eigenvalue weighted by Crippen LogP contribution is 2.41. The number of hydrogen-bond donors (Lipinski definition) is 3. The first kappa shape index (κ1) is 43.7. The van der Waals surface area contributed by atoms with Crippen molar-refractivity contribution in [2.75, 3.05) is 54.9 Å². The van der Waals surface area contributed by atoms with E-state index in [2.05, 4.69) is 16.0 Å². The normalized spacial score (nSPS) is 24.5. The summed E-state index contributed by atoms with van der Waals surface area (Å²) in [7, 11) is 0. The molecule has 3 aliphatic heterocycles. The third kappa shape index (κ3) is 9.97. The first-order valence-electron chi connectivity index (χ1n) is 19.2. The topological polar surface area (TPSA) is 150 Å². The van der Waals surface area contributed by atoms with Crippen molar-refractivity contribution in [2.45, 2.75) is 94.5 Å². The lowest BCUT2D eigenvalue weighted by atomic mass is 9.89. The Balaban J connectivity index is 0.971. The van der Waals surface area contributed by atoms with Crippen molar-refractivity contribution < 1.29 is 50.3 Å². The van der Waals surface area contributed by atoms with Crippen LogP contribution >= 0.6 is 12.2 Å². The number of benzene rings is 2. The molecule has 0 aromatic heterocycles. The maximum Gasteiger partial charge on any atom is 0.417 e. The van der Waals surface area contributed by atoms with Gasteiger partial charge in [0, 0.05) is 50.0 Å². The molecule has 3 N–H and O–H groups in total. The molecule has 3 saturated heterocycles. The molecular weight excluding hydrogens is 807 g/mol. The Bertz CT molecular complexity index is 2000. The number of carbonyl (C=O) groups excluding carboxylic acids is 4. The average molecular weight is 851 g/mol. The smallest absolute Gasteiger partial charge is 0.377 e. The molecule has 1 aliphatic carbocycles. The minimum atomic E-state index is -4.82. The van der Waals surface area contributed by atoms with Gasteiger partial charge in [0.25, 0.3) is 5.91 Å². The molecule has 4 amide bonds. The van der Waals surface area contributed by atoms with Gasteiger partial charge in [-0.15, -0.1) is 0 Å². The van der Waals surface area contributed by atoms with Gasteiger partial charge in [-0.2, -0.15) is 31.6 Å². The van der Waals surface area contributed by atoms with Crippen molar-refractivity contribution in [1.29, 1.82) is 5.26 Å². The Kier molecular flexibility index (Phi) is 12.9. The fourth-order valence-corrected chi connectivity index (χ4v) is 8.72. The molecule has 20 heteroatoms. The highest BCUT2D eigenvalue weighted by atomic mass is 32.1. The fourth-order valence-electron chi connectivity index (χ4n) is 8.16. The molecule has 1 unspecified atom stereocenters. The van der Waals surface area contributed by atoms with E-state index in [9.17, 15) is 50.8 Å². The Morgan fingerprint density at radius 3 is 2.37 bits per heavy atom. The van der Waals surface area contributed by atoms with E-state index in [1.54, 1.807) is 47.9 Å². The van der Waals surface area contributed by atoms with Crippen LogP contribution in [0, 0.1) is 11.3 Å². The van der Waals surface area contributed by atoms with Crippen molar-refractivity contribution in [3.05, 3.63) is 53.6 Å². The van der Waals surface area contributed by atoms with Crippen LogP contribution in [-0.4, -0.2) is 119 Å². The molecule has 3 heterocycles. The molecule has 1 saturated carbocycles. The van der Waals surface area contributed by atoms with Gasteiger partial charge in [-0.3, -0.25) is 39.2 Å². The number of ether oxygens (including phenoxy) is 1. The molecule has 2 atom stereocenters. The van der Waals surface area contributed by atoms with Crippen LogP contribution < -0.4 is 20.9 Å². The van der Waals surface area contributed by atoms with Crippen LogP contribution in [0.25, 0.3) is 0 Å². The summed E-state index contributed by atoms with van der Waals surface area (Å²) < 4.78 is 90.1. The number of hydrogen-bond acceptors (Lipinski definition) is 10. The van der Waals surface area contributed by atoms with E-state index in [0.717, 1.165) is 21.9 Å². The monoisotopic (exact) mass is 850 g/mol. The Labute approximate surface area is 342 Å². The number of imide groups is 1. The lowest BCUT2D eigenvalue weighted by molar-refractivity contribution is -0.197. The summed E-state index contributed by atoms with van der Waals surface area (Å²) in [5.74, 6) is -1.96. The third-order valence-corrected chi connectivity index (χ3v) is 11.6. The number of carbonyl (C=O) groups is 4. The maximum atomic E-state index is 14.3. The maximum absolute atomic E-state index is 14.3. The second-order valence-corrected chi connectivity index (χ2v) is 16.0. The molecular formula is C39H44F6N8O5S. The highest BCUT2D eigenvalue weighted by molar-refractivity contribution is 7.80. The Morgan fingerprint density at radius 2 is 1.71 bits per heavy atom. The highest BCUT2D eigenvalue weighted by Gasteiger charge is 2.53. The molecule has 13 nitrogen and oxygen atoms in total. The summed E-state index contributed by atoms with van der Waals surface area (Å²) in [5, 5.41) is 17.2. The molecule has 2 aromatic carbocycles. The largest absolute Gasteiger partial charge is 0.417 e. The van der Waals surface area contributed by atoms with Crippen molar-refractivity contribution in [3.8, 4) is 6.07 Å². The summed E-state index contributed by atoms with van der Waals surface area (Å²) >= 11 is 5.67. The van der Waals surface area contributed by atoms with Crippen LogP contribution in [-0.2, 0) is 30.1 Å². The summed E-state index contributed by atoms with van der Waals surface area (Å²) in [6.07, 6.45) is -6.93. The quantitative estimate of drug-likeness (QED) is 0.159. The van der Waals surface area contributed by atoms with Gasteiger partial charge in [-0.05, 0) is 94.6 Å². The van der Waals surface area contributed by atoms with Crippen molar-refractivity contribution in [1.82, 2.24) is 20.0 Å². The molecule has 0 bridgehead atoms. The van der Waals surface area contributed by atoms with E-state index in [1.807, 2.05) is 0 Å². The van der Waals surface area contributed by atoms with Crippen LogP contribution in [0.3, 0.4) is 0 Å². The van der Waals surface area contributed by atoms with Gasteiger partial charge < -0.3 is 20.3 Å². The number of rotatable bonds is 11. The van der Waals surface area contributed by atoms with E-state index in [-0.39, 0.29) is 68.1 Å². The van der Waals surface area contributed by atoms with Gasteiger partial charge in [0.05, 0.1) is 42.1 Å². The fraction of sp³-hybridized carbons (Fsp3) is 0.538. The lowest BCUT2D eigenvalue weighted by Gasteiger charge is -2.42. The molecule has 59 heavy (non-hydrogen) atoms. The van der Waals surface area contributed by atoms with Gasteiger partial charge in [-0.1, -0.05) is 6.07 Å². The van der Waals surface area contributed by atoms with Crippen LogP contribution in [0.15, 0.2) is 42.5 Å². The van der Waals surface area contributed by atoms with E-state index in [0.29, 0.717) is 43.5 Å². The van der Waals surface area contributed by atoms with Crippen LogP contribution in [0.4, 0.5) is 43.4 Å². The number of alkyl halides is 6. The number of nitriles is 1. The number of piperidine rings is 1. The van der Waals surface area contributed by atoms with Gasteiger partial charge >= 0.3 is 12.4 Å². The number of thiocarbonyl (C=S) groups is 1. The zero-order chi connectivity index (χ0) is 42.9. The van der Waals surface area contributed by atoms with E-state index in [1.165, 1.54) is 12.1 Å². The van der Waals surface area contributed by atoms with Crippen molar-refractivity contribution in [2.24, 2.45) is 0 Å². The zero-order valence-electron chi connectivity index (χ0n) is 32.3. The molecule has 4 aliphatic rings. The zero-order valence-corrected chi connectivity index (χ0v) is 33.1.